The standard InChI is InChI=1S/C16H19Cl2NO2/c1-19(11-16(21)8-2-3-9-16)15(20)7-4-12-10-13(17)5-6-14(12)18/h4-7,10,21H,2-3,8-9,11H2,1H3/b7-4+. The molecule has 3 nitrogen and oxygen atoms in total. The lowest BCUT2D eigenvalue weighted by atomic mass is 10.0. The molecule has 114 valence electrons. The summed E-state index contributed by atoms with van der Waals surface area (Å²) in [6.45, 7) is 0.361. The number of aliphatic hydroxyl groups is 1. The summed E-state index contributed by atoms with van der Waals surface area (Å²) in [5.41, 5.74) is -0.0307. The van der Waals surface area contributed by atoms with E-state index in [9.17, 15) is 9.90 Å². The molecule has 1 aromatic carbocycles. The number of carbonyl (C=O) groups is 1. The third-order valence-electron chi connectivity index (χ3n) is 3.81. The zero-order valence-corrected chi connectivity index (χ0v) is 13.5. The predicted octanol–water partition coefficient (Wildman–Crippen LogP) is 3.77. The Morgan fingerprint density at radius 2 is 2.05 bits per heavy atom. The summed E-state index contributed by atoms with van der Waals surface area (Å²) in [7, 11) is 1.70. The minimum absolute atomic E-state index is 0.161. The van der Waals surface area contributed by atoms with Gasteiger partial charge in [-0.3, -0.25) is 4.79 Å². The largest absolute Gasteiger partial charge is 0.388 e. The van der Waals surface area contributed by atoms with E-state index in [1.165, 1.54) is 6.08 Å². The monoisotopic (exact) mass is 327 g/mol. The predicted molar refractivity (Wildman–Crippen MR) is 86.6 cm³/mol. The van der Waals surface area contributed by atoms with Crippen molar-refractivity contribution in [2.75, 3.05) is 13.6 Å². The molecule has 0 aliphatic heterocycles. The topological polar surface area (TPSA) is 40.5 Å². The third kappa shape index (κ3) is 4.47. The van der Waals surface area contributed by atoms with Crippen LogP contribution in [0.2, 0.25) is 10.0 Å². The van der Waals surface area contributed by atoms with Gasteiger partial charge in [-0.15, -0.1) is 0 Å². The lowest BCUT2D eigenvalue weighted by molar-refractivity contribution is -0.127. The van der Waals surface area contributed by atoms with Gasteiger partial charge in [-0.25, -0.2) is 0 Å². The van der Waals surface area contributed by atoms with Gasteiger partial charge in [0.1, 0.15) is 0 Å². The molecule has 5 heteroatoms. The highest BCUT2D eigenvalue weighted by molar-refractivity contribution is 6.34. The fraction of sp³-hybridized carbons (Fsp3) is 0.438. The van der Waals surface area contributed by atoms with Gasteiger partial charge >= 0.3 is 0 Å². The second-order valence-corrected chi connectivity index (χ2v) is 6.47. The number of nitrogens with zero attached hydrogens (tertiary/aromatic N) is 1. The first-order chi connectivity index (χ1) is 9.89. The fourth-order valence-corrected chi connectivity index (χ4v) is 3.00. The molecule has 1 aliphatic carbocycles. The van der Waals surface area contributed by atoms with Gasteiger partial charge in [-0.05, 0) is 42.7 Å². The molecule has 0 unspecified atom stereocenters. The van der Waals surface area contributed by atoms with Crippen molar-refractivity contribution in [3.63, 3.8) is 0 Å². The molecule has 2 rings (SSSR count). The Balaban J connectivity index is 1.99. The first kappa shape index (κ1) is 16.3. The molecular weight excluding hydrogens is 309 g/mol. The van der Waals surface area contributed by atoms with Crippen LogP contribution in [0.15, 0.2) is 24.3 Å². The van der Waals surface area contributed by atoms with Crippen molar-refractivity contribution in [2.45, 2.75) is 31.3 Å². The number of halogens is 2. The summed E-state index contributed by atoms with van der Waals surface area (Å²) in [4.78, 5) is 13.6. The van der Waals surface area contributed by atoms with Crippen LogP contribution in [0.1, 0.15) is 31.2 Å². The molecule has 0 spiro atoms. The Kier molecular flexibility index (Phi) is 5.31. The van der Waals surface area contributed by atoms with Crippen LogP contribution in [-0.4, -0.2) is 35.1 Å². The van der Waals surface area contributed by atoms with Crippen LogP contribution in [0, 0.1) is 0 Å². The van der Waals surface area contributed by atoms with E-state index in [4.69, 9.17) is 23.2 Å². The molecule has 21 heavy (non-hydrogen) atoms. The van der Waals surface area contributed by atoms with Gasteiger partial charge in [-0.1, -0.05) is 36.0 Å². The van der Waals surface area contributed by atoms with Crippen LogP contribution in [0.25, 0.3) is 6.08 Å². The van der Waals surface area contributed by atoms with Gasteiger partial charge in [0.05, 0.1) is 5.60 Å². The van der Waals surface area contributed by atoms with Gasteiger partial charge in [0, 0.05) is 29.7 Å². The van der Waals surface area contributed by atoms with Crippen LogP contribution in [0.3, 0.4) is 0 Å². The van der Waals surface area contributed by atoms with Crippen LogP contribution < -0.4 is 0 Å². The quantitative estimate of drug-likeness (QED) is 0.855. The zero-order valence-electron chi connectivity index (χ0n) is 12.0. The average molecular weight is 328 g/mol. The lowest BCUT2D eigenvalue weighted by Gasteiger charge is -2.27. The highest BCUT2D eigenvalue weighted by Gasteiger charge is 2.32. The first-order valence-corrected chi connectivity index (χ1v) is 7.76. The second kappa shape index (κ2) is 6.82. The van der Waals surface area contributed by atoms with Gasteiger partial charge in [0.15, 0.2) is 0 Å². The first-order valence-electron chi connectivity index (χ1n) is 7.00. The SMILES string of the molecule is CN(CC1(O)CCCC1)C(=O)/C=C/c1cc(Cl)ccc1Cl. The molecule has 0 atom stereocenters. The second-order valence-electron chi connectivity index (χ2n) is 5.62. The van der Waals surface area contributed by atoms with Crippen molar-refractivity contribution < 1.29 is 9.90 Å². The van der Waals surface area contributed by atoms with Gasteiger partial charge in [0.2, 0.25) is 5.91 Å². The van der Waals surface area contributed by atoms with E-state index >= 15 is 0 Å². The molecule has 1 aliphatic rings. The molecule has 1 aromatic rings. The smallest absolute Gasteiger partial charge is 0.246 e. The van der Waals surface area contributed by atoms with Crippen LogP contribution >= 0.6 is 23.2 Å². The van der Waals surface area contributed by atoms with Crippen LogP contribution in [0.4, 0.5) is 0 Å². The maximum Gasteiger partial charge on any atom is 0.246 e. The molecule has 1 amide bonds. The number of carbonyl (C=O) groups excluding carboxylic acids is 1. The molecule has 0 heterocycles. The number of benzene rings is 1. The maximum atomic E-state index is 12.1. The third-order valence-corrected chi connectivity index (χ3v) is 4.38. The summed E-state index contributed by atoms with van der Waals surface area (Å²) in [5, 5.41) is 11.4. The van der Waals surface area contributed by atoms with Crippen molar-refractivity contribution in [1.29, 1.82) is 0 Å². The Bertz CT molecular complexity index is 551. The van der Waals surface area contributed by atoms with E-state index in [0.29, 0.717) is 22.2 Å². The Labute approximate surface area is 135 Å². The van der Waals surface area contributed by atoms with E-state index < -0.39 is 5.60 Å². The molecular formula is C16H19Cl2NO2. The van der Waals surface area contributed by atoms with Crippen LogP contribution in [-0.2, 0) is 4.79 Å². The minimum Gasteiger partial charge on any atom is -0.388 e. The Hall–Kier alpha value is -1.03. The number of rotatable bonds is 4. The summed E-state index contributed by atoms with van der Waals surface area (Å²) in [6, 6.07) is 5.10. The normalized spacial score (nSPS) is 17.3. The van der Waals surface area contributed by atoms with E-state index in [1.807, 2.05) is 0 Å². The van der Waals surface area contributed by atoms with Gasteiger partial charge in [0.25, 0.3) is 0 Å². The molecule has 0 bridgehead atoms. The molecule has 0 saturated heterocycles. The minimum atomic E-state index is -0.730. The Morgan fingerprint density at radius 1 is 1.38 bits per heavy atom. The number of amides is 1. The zero-order chi connectivity index (χ0) is 15.5. The lowest BCUT2D eigenvalue weighted by Crippen LogP contribution is -2.41. The molecule has 0 radical (unpaired) electrons. The number of hydrogen-bond donors (Lipinski definition) is 1. The molecule has 1 saturated carbocycles. The molecule has 0 aromatic heterocycles. The maximum absolute atomic E-state index is 12.1. The van der Waals surface area contributed by atoms with E-state index in [-0.39, 0.29) is 5.91 Å². The Morgan fingerprint density at radius 3 is 2.71 bits per heavy atom. The van der Waals surface area contributed by atoms with E-state index in [2.05, 4.69) is 0 Å². The van der Waals surface area contributed by atoms with Gasteiger partial charge in [-0.2, -0.15) is 0 Å². The highest BCUT2D eigenvalue weighted by Crippen LogP contribution is 2.30. The highest BCUT2D eigenvalue weighted by atomic mass is 35.5. The van der Waals surface area contributed by atoms with Crippen LogP contribution in [0.5, 0.6) is 0 Å². The fourth-order valence-electron chi connectivity index (χ4n) is 2.64. The van der Waals surface area contributed by atoms with E-state index in [0.717, 1.165) is 25.7 Å². The molecule has 1 N–H and O–H groups in total. The average Bonchev–Trinajstić information content (AvgIpc) is 2.85. The summed E-state index contributed by atoms with van der Waals surface area (Å²) in [5.74, 6) is -0.161. The van der Waals surface area contributed by atoms with Gasteiger partial charge < -0.3 is 10.0 Å². The van der Waals surface area contributed by atoms with Crippen molar-refractivity contribution in [1.82, 2.24) is 4.90 Å². The number of likely N-dealkylation sites (N-methyl/N-ethyl adjacent to an activating group) is 1. The number of hydrogen-bond acceptors (Lipinski definition) is 2. The van der Waals surface area contributed by atoms with Crippen molar-refractivity contribution in [2.24, 2.45) is 0 Å². The summed E-state index contributed by atoms with van der Waals surface area (Å²) >= 11 is 11.9. The molecule has 1 fully saturated rings. The van der Waals surface area contributed by atoms with Crippen molar-refractivity contribution in [3.8, 4) is 0 Å². The summed E-state index contributed by atoms with van der Waals surface area (Å²) < 4.78 is 0. The summed E-state index contributed by atoms with van der Waals surface area (Å²) in [6.07, 6.45) is 6.66. The van der Waals surface area contributed by atoms with Crippen molar-refractivity contribution >= 4 is 35.2 Å². The van der Waals surface area contributed by atoms with E-state index in [1.54, 1.807) is 36.2 Å². The van der Waals surface area contributed by atoms with Crippen molar-refractivity contribution in [3.05, 3.63) is 39.9 Å².